The van der Waals surface area contributed by atoms with E-state index in [4.69, 9.17) is 18.0 Å². The van der Waals surface area contributed by atoms with E-state index in [0.717, 1.165) is 29.2 Å². The molecule has 0 bridgehead atoms. The van der Waals surface area contributed by atoms with Gasteiger partial charge in [-0.3, -0.25) is 4.98 Å². The summed E-state index contributed by atoms with van der Waals surface area (Å²) in [5, 5.41) is 3.52. The Morgan fingerprint density at radius 1 is 1.50 bits per heavy atom. The summed E-state index contributed by atoms with van der Waals surface area (Å²) in [5.41, 5.74) is 10.1. The van der Waals surface area contributed by atoms with Gasteiger partial charge in [-0.15, -0.1) is 0 Å². The molecule has 0 amide bonds. The monoisotopic (exact) mass is 263 g/mol. The largest absolute Gasteiger partial charge is 0.389 e. The van der Waals surface area contributed by atoms with Crippen LogP contribution in [0.3, 0.4) is 0 Å². The Hall–Kier alpha value is -1.16. The lowest BCUT2D eigenvalue weighted by Crippen LogP contribution is -2.20. The third-order valence-electron chi connectivity index (χ3n) is 3.94. The van der Waals surface area contributed by atoms with Crippen molar-refractivity contribution in [3.63, 3.8) is 0 Å². The van der Waals surface area contributed by atoms with Gasteiger partial charge in [-0.2, -0.15) is 0 Å². The van der Waals surface area contributed by atoms with Crippen LogP contribution < -0.4 is 11.1 Å². The highest BCUT2D eigenvalue weighted by Gasteiger charge is 2.40. The number of nitrogens with two attached hydrogens (primary N) is 1. The van der Waals surface area contributed by atoms with E-state index in [0.29, 0.717) is 10.4 Å². The molecule has 1 aliphatic rings. The maximum absolute atomic E-state index is 5.80. The number of nitrogens with one attached hydrogen (secondary N) is 1. The Balaban J connectivity index is 2.23. The molecule has 0 radical (unpaired) electrons. The molecular formula is C14H21N3S. The summed E-state index contributed by atoms with van der Waals surface area (Å²) in [6, 6.07) is 2.03. The fourth-order valence-electron chi connectivity index (χ4n) is 2.39. The molecule has 0 spiro atoms. The first-order valence-electron chi connectivity index (χ1n) is 6.49. The van der Waals surface area contributed by atoms with Crippen LogP contribution in [0.5, 0.6) is 0 Å². The lowest BCUT2D eigenvalue weighted by Gasteiger charge is -2.18. The summed E-state index contributed by atoms with van der Waals surface area (Å²) >= 11 is 5.13. The predicted molar refractivity (Wildman–Crippen MR) is 80.0 cm³/mol. The Morgan fingerprint density at radius 3 is 2.67 bits per heavy atom. The van der Waals surface area contributed by atoms with Crippen molar-refractivity contribution in [2.75, 3.05) is 11.9 Å². The molecule has 1 heterocycles. The minimum atomic E-state index is 0.420. The molecule has 3 nitrogen and oxygen atoms in total. The molecule has 2 rings (SSSR count). The van der Waals surface area contributed by atoms with E-state index in [-0.39, 0.29) is 0 Å². The molecule has 1 aromatic rings. The number of aromatic nitrogens is 1. The molecule has 1 saturated carbocycles. The van der Waals surface area contributed by atoms with Gasteiger partial charge in [-0.05, 0) is 44.6 Å². The van der Waals surface area contributed by atoms with Crippen LogP contribution in [0.4, 0.5) is 5.69 Å². The van der Waals surface area contributed by atoms with Gasteiger partial charge in [0, 0.05) is 23.6 Å². The topological polar surface area (TPSA) is 50.9 Å². The molecule has 1 aromatic heterocycles. The molecule has 0 aromatic carbocycles. The zero-order valence-electron chi connectivity index (χ0n) is 11.3. The first-order chi connectivity index (χ1) is 8.47. The minimum Gasteiger partial charge on any atom is -0.389 e. The highest BCUT2D eigenvalue weighted by atomic mass is 32.1. The predicted octanol–water partition coefficient (Wildman–Crippen LogP) is 2.93. The second kappa shape index (κ2) is 4.84. The van der Waals surface area contributed by atoms with E-state index < -0.39 is 0 Å². The lowest BCUT2D eigenvalue weighted by molar-refractivity contribution is 0.521. The summed E-state index contributed by atoms with van der Waals surface area (Å²) in [5.74, 6) is 0. The van der Waals surface area contributed by atoms with E-state index in [1.165, 1.54) is 19.3 Å². The van der Waals surface area contributed by atoms with Crippen molar-refractivity contribution in [2.45, 2.75) is 40.0 Å². The Morgan fingerprint density at radius 2 is 2.17 bits per heavy atom. The van der Waals surface area contributed by atoms with Gasteiger partial charge in [0.1, 0.15) is 4.99 Å². The number of anilines is 1. The van der Waals surface area contributed by atoms with E-state index in [2.05, 4.69) is 17.2 Å². The maximum Gasteiger partial charge on any atom is 0.107 e. The molecule has 0 aliphatic heterocycles. The number of aryl methyl sites for hydroxylation is 2. The first kappa shape index (κ1) is 13.3. The quantitative estimate of drug-likeness (QED) is 0.802. The third-order valence-corrected chi connectivity index (χ3v) is 4.14. The van der Waals surface area contributed by atoms with E-state index >= 15 is 0 Å². The zero-order chi connectivity index (χ0) is 13.3. The highest BCUT2D eigenvalue weighted by molar-refractivity contribution is 7.80. The van der Waals surface area contributed by atoms with E-state index in [9.17, 15) is 0 Å². The van der Waals surface area contributed by atoms with Crippen LogP contribution >= 0.6 is 12.2 Å². The number of rotatable bonds is 5. The van der Waals surface area contributed by atoms with Crippen LogP contribution in [0.25, 0.3) is 0 Å². The SMILES string of the molecule is CCC1(CNc2cc(C)nc(C)c2C(N)=S)CC1. The lowest BCUT2D eigenvalue weighted by atomic mass is 10.0. The smallest absolute Gasteiger partial charge is 0.107 e. The molecule has 18 heavy (non-hydrogen) atoms. The fourth-order valence-corrected chi connectivity index (χ4v) is 2.65. The molecule has 98 valence electrons. The molecular weight excluding hydrogens is 242 g/mol. The van der Waals surface area contributed by atoms with Crippen molar-refractivity contribution in [1.82, 2.24) is 4.98 Å². The van der Waals surface area contributed by atoms with Gasteiger partial charge >= 0.3 is 0 Å². The Bertz CT molecular complexity index is 478. The number of hydrogen-bond donors (Lipinski definition) is 2. The van der Waals surface area contributed by atoms with Gasteiger partial charge in [0.25, 0.3) is 0 Å². The Kier molecular flexibility index (Phi) is 3.57. The molecule has 4 heteroatoms. The van der Waals surface area contributed by atoms with Gasteiger partial charge in [-0.25, -0.2) is 0 Å². The summed E-state index contributed by atoms with van der Waals surface area (Å²) in [4.78, 5) is 4.85. The standard InChI is InChI=1S/C14H21N3S/c1-4-14(5-6-14)8-16-11-7-9(2)17-10(3)12(11)13(15)18/h7H,4-6,8H2,1-3H3,(H2,15,18)(H,16,17). The molecule has 0 saturated heterocycles. The highest BCUT2D eigenvalue weighted by Crippen LogP contribution is 2.48. The third kappa shape index (κ3) is 2.64. The van der Waals surface area contributed by atoms with Crippen molar-refractivity contribution >= 4 is 22.9 Å². The van der Waals surface area contributed by atoms with Crippen LogP contribution in [-0.2, 0) is 0 Å². The van der Waals surface area contributed by atoms with Gasteiger partial charge < -0.3 is 11.1 Å². The first-order valence-corrected chi connectivity index (χ1v) is 6.90. The minimum absolute atomic E-state index is 0.420. The normalized spacial score (nSPS) is 16.4. The van der Waals surface area contributed by atoms with E-state index in [1.807, 2.05) is 19.9 Å². The van der Waals surface area contributed by atoms with Crippen molar-refractivity contribution in [3.8, 4) is 0 Å². The average Bonchev–Trinajstić information content (AvgIpc) is 3.05. The zero-order valence-corrected chi connectivity index (χ0v) is 12.2. The van der Waals surface area contributed by atoms with Gasteiger partial charge in [0.05, 0.1) is 5.56 Å². The van der Waals surface area contributed by atoms with Crippen molar-refractivity contribution in [3.05, 3.63) is 23.0 Å². The molecule has 1 fully saturated rings. The maximum atomic E-state index is 5.80. The second-order valence-corrected chi connectivity index (χ2v) is 5.78. The molecule has 0 atom stereocenters. The van der Waals surface area contributed by atoms with Crippen LogP contribution in [0.2, 0.25) is 0 Å². The van der Waals surface area contributed by atoms with Crippen molar-refractivity contribution < 1.29 is 0 Å². The average molecular weight is 263 g/mol. The number of thiocarbonyl (C=S) groups is 1. The van der Waals surface area contributed by atoms with Crippen LogP contribution in [-0.4, -0.2) is 16.5 Å². The fraction of sp³-hybridized carbons (Fsp3) is 0.571. The van der Waals surface area contributed by atoms with Crippen LogP contribution in [0, 0.1) is 19.3 Å². The number of nitrogens with zero attached hydrogens (tertiary/aromatic N) is 1. The van der Waals surface area contributed by atoms with Gasteiger partial charge in [-0.1, -0.05) is 19.1 Å². The van der Waals surface area contributed by atoms with Gasteiger partial charge in [0.15, 0.2) is 0 Å². The number of pyridine rings is 1. The van der Waals surface area contributed by atoms with Crippen molar-refractivity contribution in [1.29, 1.82) is 0 Å². The Labute approximate surface area is 114 Å². The van der Waals surface area contributed by atoms with Crippen molar-refractivity contribution in [2.24, 2.45) is 11.1 Å². The van der Waals surface area contributed by atoms with E-state index in [1.54, 1.807) is 0 Å². The summed E-state index contributed by atoms with van der Waals surface area (Å²) < 4.78 is 0. The molecule has 3 N–H and O–H groups in total. The van der Waals surface area contributed by atoms with Crippen LogP contribution in [0.1, 0.15) is 43.1 Å². The molecule has 0 unspecified atom stereocenters. The van der Waals surface area contributed by atoms with Crippen LogP contribution in [0.15, 0.2) is 6.07 Å². The summed E-state index contributed by atoms with van der Waals surface area (Å²) in [7, 11) is 0. The van der Waals surface area contributed by atoms with Gasteiger partial charge in [0.2, 0.25) is 0 Å². The molecule has 1 aliphatic carbocycles. The number of hydrogen-bond acceptors (Lipinski definition) is 3. The summed E-state index contributed by atoms with van der Waals surface area (Å²) in [6.07, 6.45) is 3.87. The second-order valence-electron chi connectivity index (χ2n) is 5.34. The summed E-state index contributed by atoms with van der Waals surface area (Å²) in [6.45, 7) is 7.21.